The summed E-state index contributed by atoms with van der Waals surface area (Å²) in [5.41, 5.74) is 9.20. The van der Waals surface area contributed by atoms with E-state index in [0.29, 0.717) is 12.2 Å². The predicted octanol–water partition coefficient (Wildman–Crippen LogP) is 2.92. The zero-order valence-corrected chi connectivity index (χ0v) is 11.1. The number of aromatic nitrogens is 2. The van der Waals surface area contributed by atoms with Gasteiger partial charge in [-0.05, 0) is 42.5 Å². The molecule has 0 unspecified atom stereocenters. The van der Waals surface area contributed by atoms with E-state index in [2.05, 4.69) is 9.97 Å². The molecule has 20 heavy (non-hydrogen) atoms. The number of rotatable bonds is 3. The maximum absolute atomic E-state index is 12.9. The molecule has 3 aromatic rings. The second kappa shape index (κ2) is 4.85. The Morgan fingerprint density at radius 2 is 1.95 bits per heavy atom. The normalized spacial score (nSPS) is 10.9. The molecule has 0 saturated carbocycles. The highest BCUT2D eigenvalue weighted by Gasteiger charge is 2.07. The number of hydrogen-bond donors (Lipinski definition) is 2. The third-order valence-corrected chi connectivity index (χ3v) is 3.21. The number of nitrogens with zero attached hydrogens (tertiary/aromatic N) is 2. The van der Waals surface area contributed by atoms with Gasteiger partial charge in [-0.25, -0.2) is 9.37 Å². The zero-order valence-electron chi connectivity index (χ0n) is 11.1. The average molecular weight is 270 g/mol. The molecule has 1 aromatic heterocycles. The summed E-state index contributed by atoms with van der Waals surface area (Å²) >= 11 is 0. The molecule has 0 aliphatic rings. The van der Waals surface area contributed by atoms with Gasteiger partial charge < -0.3 is 15.6 Å². The topological polar surface area (TPSA) is 57.9 Å². The molecular weight excluding hydrogens is 255 g/mol. The van der Waals surface area contributed by atoms with Gasteiger partial charge in [0, 0.05) is 18.4 Å². The van der Waals surface area contributed by atoms with Crippen LogP contribution in [0.5, 0.6) is 0 Å². The minimum Gasteiger partial charge on any atom is -0.399 e. The van der Waals surface area contributed by atoms with Gasteiger partial charge >= 0.3 is 0 Å². The van der Waals surface area contributed by atoms with Gasteiger partial charge in [-0.3, -0.25) is 0 Å². The van der Waals surface area contributed by atoms with Crippen LogP contribution >= 0.6 is 0 Å². The first-order valence-electron chi connectivity index (χ1n) is 6.32. The summed E-state index contributed by atoms with van der Waals surface area (Å²) < 4.78 is 12.9. The van der Waals surface area contributed by atoms with Crippen LogP contribution in [-0.2, 0) is 6.54 Å². The highest BCUT2D eigenvalue weighted by atomic mass is 19.1. The second-order valence-corrected chi connectivity index (χ2v) is 4.79. The van der Waals surface area contributed by atoms with Crippen molar-refractivity contribution >= 4 is 22.4 Å². The molecule has 1 heterocycles. The lowest BCUT2D eigenvalue weighted by atomic mass is 10.3. The third-order valence-electron chi connectivity index (χ3n) is 3.21. The number of anilines is 2. The number of H-pyrrole nitrogens is 1. The van der Waals surface area contributed by atoms with Gasteiger partial charge in [0.05, 0.1) is 17.6 Å². The number of fused-ring (bicyclic) bond motifs is 1. The fraction of sp³-hybridized carbons (Fsp3) is 0.133. The lowest BCUT2D eigenvalue weighted by Gasteiger charge is -2.17. The lowest BCUT2D eigenvalue weighted by molar-refractivity contribution is 0.627. The summed E-state index contributed by atoms with van der Waals surface area (Å²) in [6.45, 7) is 0.611. The summed E-state index contributed by atoms with van der Waals surface area (Å²) in [7, 11) is 1.94. The van der Waals surface area contributed by atoms with E-state index >= 15 is 0 Å². The van der Waals surface area contributed by atoms with Crippen molar-refractivity contribution in [1.82, 2.24) is 9.97 Å². The van der Waals surface area contributed by atoms with E-state index in [-0.39, 0.29) is 5.82 Å². The number of aromatic amines is 1. The molecule has 0 bridgehead atoms. The Kier molecular flexibility index (Phi) is 3.02. The monoisotopic (exact) mass is 270 g/mol. The molecule has 0 amide bonds. The van der Waals surface area contributed by atoms with Gasteiger partial charge in [0.1, 0.15) is 11.6 Å². The van der Waals surface area contributed by atoms with Crippen LogP contribution in [0.15, 0.2) is 42.5 Å². The van der Waals surface area contributed by atoms with Crippen molar-refractivity contribution in [2.75, 3.05) is 17.7 Å². The Hall–Kier alpha value is -2.56. The first kappa shape index (κ1) is 12.5. The smallest absolute Gasteiger partial charge is 0.126 e. The number of halogens is 1. The summed E-state index contributed by atoms with van der Waals surface area (Å²) in [4.78, 5) is 9.75. The molecule has 0 spiro atoms. The molecule has 3 N–H and O–H groups in total. The van der Waals surface area contributed by atoms with Crippen molar-refractivity contribution in [3.05, 3.63) is 54.1 Å². The van der Waals surface area contributed by atoms with Crippen molar-refractivity contribution in [1.29, 1.82) is 0 Å². The van der Waals surface area contributed by atoms with Crippen LogP contribution in [0.2, 0.25) is 0 Å². The Labute approximate surface area is 116 Å². The van der Waals surface area contributed by atoms with Crippen LogP contribution in [0, 0.1) is 5.82 Å². The summed E-state index contributed by atoms with van der Waals surface area (Å²) in [5.74, 6) is 0.610. The highest BCUT2D eigenvalue weighted by molar-refractivity contribution is 5.78. The van der Waals surface area contributed by atoms with Crippen molar-refractivity contribution < 1.29 is 4.39 Å². The van der Waals surface area contributed by atoms with Crippen LogP contribution in [0.25, 0.3) is 11.0 Å². The molecule has 5 heteroatoms. The fourth-order valence-corrected chi connectivity index (χ4v) is 2.17. The molecule has 102 valence electrons. The molecule has 3 rings (SSSR count). The van der Waals surface area contributed by atoms with Crippen LogP contribution in [0.4, 0.5) is 15.8 Å². The maximum Gasteiger partial charge on any atom is 0.126 e. The summed E-state index contributed by atoms with van der Waals surface area (Å²) in [5, 5.41) is 0. The number of nitrogen functional groups attached to an aromatic ring is 1. The van der Waals surface area contributed by atoms with E-state index in [1.165, 1.54) is 12.1 Å². The standard InChI is InChI=1S/C15H15FN4/c1-20(12-5-2-10(16)3-6-12)9-15-18-13-7-4-11(17)8-14(13)19-15/h2-8H,9,17H2,1H3,(H,18,19). The minimum absolute atomic E-state index is 0.235. The number of imidazole rings is 1. The van der Waals surface area contributed by atoms with Crippen LogP contribution in [0.3, 0.4) is 0 Å². The number of nitrogens with two attached hydrogens (primary N) is 1. The Bertz CT molecular complexity index is 733. The minimum atomic E-state index is -0.235. The van der Waals surface area contributed by atoms with Gasteiger partial charge in [0.15, 0.2) is 0 Å². The first-order chi connectivity index (χ1) is 9.61. The Morgan fingerprint density at radius 1 is 1.20 bits per heavy atom. The Morgan fingerprint density at radius 3 is 2.70 bits per heavy atom. The van der Waals surface area contributed by atoms with Gasteiger partial charge in [0.2, 0.25) is 0 Å². The summed E-state index contributed by atoms with van der Waals surface area (Å²) in [6, 6.07) is 12.0. The van der Waals surface area contributed by atoms with E-state index in [0.717, 1.165) is 22.5 Å². The van der Waals surface area contributed by atoms with Crippen molar-refractivity contribution in [3.8, 4) is 0 Å². The zero-order chi connectivity index (χ0) is 14.1. The van der Waals surface area contributed by atoms with Gasteiger partial charge in [0.25, 0.3) is 0 Å². The second-order valence-electron chi connectivity index (χ2n) is 4.79. The molecular formula is C15H15FN4. The maximum atomic E-state index is 12.9. The highest BCUT2D eigenvalue weighted by Crippen LogP contribution is 2.18. The number of hydrogen-bond acceptors (Lipinski definition) is 3. The molecule has 0 fully saturated rings. The van der Waals surface area contributed by atoms with E-state index in [4.69, 9.17) is 5.73 Å². The molecule has 2 aromatic carbocycles. The van der Waals surface area contributed by atoms with Crippen LogP contribution in [-0.4, -0.2) is 17.0 Å². The average Bonchev–Trinajstić information content (AvgIpc) is 2.80. The van der Waals surface area contributed by atoms with Crippen molar-refractivity contribution in [2.45, 2.75) is 6.54 Å². The summed E-state index contributed by atoms with van der Waals surface area (Å²) in [6.07, 6.45) is 0. The number of benzene rings is 2. The molecule has 0 atom stereocenters. The van der Waals surface area contributed by atoms with E-state index in [9.17, 15) is 4.39 Å². The van der Waals surface area contributed by atoms with Crippen LogP contribution in [0.1, 0.15) is 5.82 Å². The predicted molar refractivity (Wildman–Crippen MR) is 79.0 cm³/mol. The number of nitrogens with one attached hydrogen (secondary N) is 1. The fourth-order valence-electron chi connectivity index (χ4n) is 2.17. The molecule has 0 aliphatic heterocycles. The quantitative estimate of drug-likeness (QED) is 0.719. The SMILES string of the molecule is CN(Cc1nc2ccc(N)cc2[nH]1)c1ccc(F)cc1. The molecule has 4 nitrogen and oxygen atoms in total. The van der Waals surface area contributed by atoms with E-state index in [1.807, 2.05) is 30.1 Å². The molecule has 0 aliphatic carbocycles. The van der Waals surface area contributed by atoms with Crippen molar-refractivity contribution in [2.24, 2.45) is 0 Å². The molecule has 0 saturated heterocycles. The van der Waals surface area contributed by atoms with Gasteiger partial charge in [-0.1, -0.05) is 0 Å². The largest absolute Gasteiger partial charge is 0.399 e. The van der Waals surface area contributed by atoms with E-state index < -0.39 is 0 Å². The van der Waals surface area contributed by atoms with Gasteiger partial charge in [-0.2, -0.15) is 0 Å². The Balaban J connectivity index is 1.83. The van der Waals surface area contributed by atoms with E-state index in [1.54, 1.807) is 12.1 Å². The van der Waals surface area contributed by atoms with Crippen molar-refractivity contribution in [3.63, 3.8) is 0 Å². The lowest BCUT2D eigenvalue weighted by Crippen LogP contribution is -2.17. The third kappa shape index (κ3) is 2.42. The van der Waals surface area contributed by atoms with Gasteiger partial charge in [-0.15, -0.1) is 0 Å². The molecule has 0 radical (unpaired) electrons. The van der Waals surface area contributed by atoms with Crippen LogP contribution < -0.4 is 10.6 Å². The first-order valence-corrected chi connectivity index (χ1v) is 6.32.